The Bertz CT molecular complexity index is 644. The van der Waals surface area contributed by atoms with Gasteiger partial charge in [-0.1, -0.05) is 47.0 Å². The number of thioether (sulfide) groups is 1. The van der Waals surface area contributed by atoms with Crippen molar-refractivity contribution in [3.8, 4) is 0 Å². The molecule has 0 aliphatic rings. The molecule has 0 aliphatic carbocycles. The van der Waals surface area contributed by atoms with Crippen molar-refractivity contribution in [2.24, 2.45) is 0 Å². The molecular formula is C17H17Cl2NOS. The summed E-state index contributed by atoms with van der Waals surface area (Å²) in [5.74, 6) is 0.855. The highest BCUT2D eigenvalue weighted by Crippen LogP contribution is 2.29. The Balaban J connectivity index is 1.74. The molecule has 0 saturated heterocycles. The fraction of sp³-hybridized carbons (Fsp3) is 0.235. The summed E-state index contributed by atoms with van der Waals surface area (Å²) in [5, 5.41) is 3.61. The van der Waals surface area contributed by atoms with Gasteiger partial charge in [-0.3, -0.25) is 4.79 Å². The van der Waals surface area contributed by atoms with Crippen LogP contribution in [0.1, 0.15) is 18.4 Å². The standard InChI is InChI=1S/C17H17Cl2NOS/c1-12-7-9-13(10-8-12)22-11-3-6-16(21)20-15-5-2-4-14(18)17(15)19/h2,4-5,7-10H,3,6,11H2,1H3,(H,20,21). The Morgan fingerprint density at radius 2 is 1.86 bits per heavy atom. The quantitative estimate of drug-likeness (QED) is 0.524. The van der Waals surface area contributed by atoms with Crippen LogP contribution >= 0.6 is 35.0 Å². The molecule has 5 heteroatoms. The molecule has 0 fully saturated rings. The van der Waals surface area contributed by atoms with Crippen LogP contribution in [0.25, 0.3) is 0 Å². The van der Waals surface area contributed by atoms with Crippen molar-refractivity contribution in [1.82, 2.24) is 0 Å². The third-order valence-corrected chi connectivity index (χ3v) is 4.98. The molecule has 1 N–H and O–H groups in total. The molecule has 116 valence electrons. The Kier molecular flexibility index (Phi) is 6.62. The molecule has 1 amide bonds. The SMILES string of the molecule is Cc1ccc(SCCCC(=O)Nc2cccc(Cl)c2Cl)cc1. The molecule has 22 heavy (non-hydrogen) atoms. The first-order chi connectivity index (χ1) is 10.6. The molecule has 0 bridgehead atoms. The van der Waals surface area contributed by atoms with E-state index in [0.717, 1.165) is 12.2 Å². The molecule has 0 heterocycles. The van der Waals surface area contributed by atoms with Gasteiger partial charge in [0, 0.05) is 11.3 Å². The van der Waals surface area contributed by atoms with Gasteiger partial charge in [0.1, 0.15) is 0 Å². The van der Waals surface area contributed by atoms with Gasteiger partial charge in [0.2, 0.25) is 5.91 Å². The molecule has 2 aromatic rings. The second-order valence-electron chi connectivity index (χ2n) is 4.91. The maximum atomic E-state index is 11.9. The monoisotopic (exact) mass is 353 g/mol. The highest BCUT2D eigenvalue weighted by atomic mass is 35.5. The lowest BCUT2D eigenvalue weighted by atomic mass is 10.2. The summed E-state index contributed by atoms with van der Waals surface area (Å²) in [5.41, 5.74) is 1.81. The van der Waals surface area contributed by atoms with Crippen LogP contribution < -0.4 is 5.32 Å². The van der Waals surface area contributed by atoms with E-state index in [1.54, 1.807) is 30.0 Å². The van der Waals surface area contributed by atoms with Gasteiger partial charge in [0.25, 0.3) is 0 Å². The molecule has 0 atom stereocenters. The summed E-state index contributed by atoms with van der Waals surface area (Å²) in [6, 6.07) is 13.6. The van der Waals surface area contributed by atoms with E-state index in [-0.39, 0.29) is 5.91 Å². The molecule has 0 spiro atoms. The lowest BCUT2D eigenvalue weighted by Crippen LogP contribution is -2.11. The van der Waals surface area contributed by atoms with Gasteiger partial charge in [-0.25, -0.2) is 0 Å². The van der Waals surface area contributed by atoms with E-state index < -0.39 is 0 Å². The van der Waals surface area contributed by atoms with Gasteiger partial charge in [0.15, 0.2) is 0 Å². The Morgan fingerprint density at radius 3 is 2.59 bits per heavy atom. The zero-order valence-corrected chi connectivity index (χ0v) is 14.6. The second kappa shape index (κ2) is 8.47. The van der Waals surface area contributed by atoms with Gasteiger partial charge in [-0.15, -0.1) is 11.8 Å². The van der Waals surface area contributed by atoms with Crippen LogP contribution in [0.5, 0.6) is 0 Å². The topological polar surface area (TPSA) is 29.1 Å². The normalized spacial score (nSPS) is 10.5. The fourth-order valence-electron chi connectivity index (χ4n) is 1.87. The number of hydrogen-bond donors (Lipinski definition) is 1. The van der Waals surface area contributed by atoms with Crippen molar-refractivity contribution in [2.75, 3.05) is 11.1 Å². The maximum absolute atomic E-state index is 11.9. The first-order valence-corrected chi connectivity index (χ1v) is 8.74. The smallest absolute Gasteiger partial charge is 0.224 e. The van der Waals surface area contributed by atoms with Crippen LogP contribution in [0.2, 0.25) is 10.0 Å². The summed E-state index contributed by atoms with van der Waals surface area (Å²) in [6.45, 7) is 2.07. The van der Waals surface area contributed by atoms with E-state index in [1.807, 2.05) is 0 Å². The van der Waals surface area contributed by atoms with Crippen LogP contribution in [0, 0.1) is 6.92 Å². The van der Waals surface area contributed by atoms with E-state index in [2.05, 4.69) is 36.5 Å². The van der Waals surface area contributed by atoms with Crippen LogP contribution in [0.3, 0.4) is 0 Å². The summed E-state index contributed by atoms with van der Waals surface area (Å²) >= 11 is 13.7. The number of aryl methyl sites for hydroxylation is 1. The van der Waals surface area contributed by atoms with Crippen molar-refractivity contribution >= 4 is 46.6 Å². The predicted octanol–water partition coefficient (Wildman–Crippen LogP) is 5.81. The number of anilines is 1. The van der Waals surface area contributed by atoms with Crippen LogP contribution in [0.15, 0.2) is 47.4 Å². The highest BCUT2D eigenvalue weighted by Gasteiger charge is 2.08. The molecule has 2 rings (SSSR count). The summed E-state index contributed by atoms with van der Waals surface area (Å²) in [4.78, 5) is 13.1. The Hall–Kier alpha value is -1.16. The number of carbonyl (C=O) groups excluding carboxylic acids is 1. The fourth-order valence-corrected chi connectivity index (χ4v) is 3.07. The molecule has 0 radical (unpaired) electrons. The lowest BCUT2D eigenvalue weighted by molar-refractivity contribution is -0.116. The molecule has 2 nitrogen and oxygen atoms in total. The lowest BCUT2D eigenvalue weighted by Gasteiger charge is -2.08. The summed E-state index contributed by atoms with van der Waals surface area (Å²) in [7, 11) is 0. The third-order valence-electron chi connectivity index (χ3n) is 3.06. The first-order valence-electron chi connectivity index (χ1n) is 6.99. The molecule has 0 unspecified atom stereocenters. The van der Waals surface area contributed by atoms with E-state index in [9.17, 15) is 4.79 Å². The largest absolute Gasteiger partial charge is 0.325 e. The van der Waals surface area contributed by atoms with Gasteiger partial charge >= 0.3 is 0 Å². The summed E-state index contributed by atoms with van der Waals surface area (Å²) < 4.78 is 0. The van der Waals surface area contributed by atoms with Crippen molar-refractivity contribution in [3.63, 3.8) is 0 Å². The van der Waals surface area contributed by atoms with Gasteiger partial charge in [-0.05, 0) is 43.4 Å². The van der Waals surface area contributed by atoms with Crippen molar-refractivity contribution in [2.45, 2.75) is 24.7 Å². The predicted molar refractivity (Wildman–Crippen MR) is 96.2 cm³/mol. The second-order valence-corrected chi connectivity index (χ2v) is 6.87. The third kappa shape index (κ3) is 5.24. The maximum Gasteiger partial charge on any atom is 0.224 e. The number of nitrogens with one attached hydrogen (secondary N) is 1. The van der Waals surface area contributed by atoms with Gasteiger partial charge in [0.05, 0.1) is 15.7 Å². The number of carbonyl (C=O) groups is 1. The van der Waals surface area contributed by atoms with Crippen molar-refractivity contribution in [3.05, 3.63) is 58.1 Å². The minimum absolute atomic E-state index is 0.0475. The highest BCUT2D eigenvalue weighted by molar-refractivity contribution is 7.99. The number of rotatable bonds is 6. The minimum Gasteiger partial charge on any atom is -0.325 e. The van der Waals surface area contributed by atoms with E-state index in [0.29, 0.717) is 22.2 Å². The number of hydrogen-bond acceptors (Lipinski definition) is 2. The molecule has 0 aromatic heterocycles. The minimum atomic E-state index is -0.0475. The van der Waals surface area contributed by atoms with Crippen molar-refractivity contribution < 1.29 is 4.79 Å². The number of benzene rings is 2. The van der Waals surface area contributed by atoms with Gasteiger partial charge < -0.3 is 5.32 Å². The Labute approximate surface area is 145 Å². The average molecular weight is 354 g/mol. The average Bonchev–Trinajstić information content (AvgIpc) is 2.50. The van der Waals surface area contributed by atoms with Crippen LogP contribution in [-0.2, 0) is 4.79 Å². The van der Waals surface area contributed by atoms with E-state index in [1.165, 1.54) is 10.5 Å². The summed E-state index contributed by atoms with van der Waals surface area (Å²) in [6.07, 6.45) is 1.27. The zero-order chi connectivity index (χ0) is 15.9. The molecule has 0 saturated carbocycles. The Morgan fingerprint density at radius 1 is 1.14 bits per heavy atom. The number of halogens is 2. The van der Waals surface area contributed by atoms with Gasteiger partial charge in [-0.2, -0.15) is 0 Å². The van der Waals surface area contributed by atoms with Crippen molar-refractivity contribution in [1.29, 1.82) is 0 Å². The van der Waals surface area contributed by atoms with E-state index >= 15 is 0 Å². The van der Waals surface area contributed by atoms with E-state index in [4.69, 9.17) is 23.2 Å². The zero-order valence-electron chi connectivity index (χ0n) is 12.2. The number of amides is 1. The molecule has 2 aromatic carbocycles. The van der Waals surface area contributed by atoms with Crippen LogP contribution in [-0.4, -0.2) is 11.7 Å². The van der Waals surface area contributed by atoms with Crippen LogP contribution in [0.4, 0.5) is 5.69 Å². The molecular weight excluding hydrogens is 337 g/mol. The first kappa shape index (κ1) is 17.2. The molecule has 0 aliphatic heterocycles.